The van der Waals surface area contributed by atoms with Gasteiger partial charge < -0.3 is 10.6 Å². The lowest BCUT2D eigenvalue weighted by Crippen LogP contribution is -2.47. The molecule has 0 spiro atoms. The molecule has 1 saturated carbocycles. The van der Waals surface area contributed by atoms with Gasteiger partial charge in [0.2, 0.25) is 11.8 Å². The van der Waals surface area contributed by atoms with Crippen LogP contribution in [0.1, 0.15) is 53.4 Å². The lowest BCUT2D eigenvalue weighted by Gasteiger charge is -2.33. The van der Waals surface area contributed by atoms with Crippen molar-refractivity contribution in [2.24, 2.45) is 23.2 Å². The summed E-state index contributed by atoms with van der Waals surface area (Å²) in [7, 11) is 0. The first-order chi connectivity index (χ1) is 9.30. The predicted octanol–water partition coefficient (Wildman–Crippen LogP) is 2.09. The van der Waals surface area contributed by atoms with Crippen molar-refractivity contribution in [1.82, 2.24) is 10.6 Å². The third-order valence-electron chi connectivity index (χ3n) is 5.02. The number of rotatable bonds is 2. The quantitative estimate of drug-likeness (QED) is 0.761. The molecule has 1 aliphatic carbocycles. The van der Waals surface area contributed by atoms with Crippen LogP contribution in [0.2, 0.25) is 0 Å². The molecule has 4 heteroatoms. The van der Waals surface area contributed by atoms with Crippen LogP contribution in [0.3, 0.4) is 0 Å². The van der Waals surface area contributed by atoms with E-state index in [0.717, 1.165) is 6.42 Å². The minimum absolute atomic E-state index is 0.0423. The predicted molar refractivity (Wildman–Crippen MR) is 79.0 cm³/mol. The summed E-state index contributed by atoms with van der Waals surface area (Å²) in [6, 6.07) is 0.241. The van der Waals surface area contributed by atoms with Crippen LogP contribution in [-0.2, 0) is 9.59 Å². The van der Waals surface area contributed by atoms with E-state index < -0.39 is 5.92 Å². The number of nitrogens with one attached hydrogen (secondary N) is 2. The molecule has 2 aliphatic rings. The molecule has 0 unspecified atom stereocenters. The topological polar surface area (TPSA) is 58.2 Å². The van der Waals surface area contributed by atoms with E-state index in [2.05, 4.69) is 38.3 Å². The highest BCUT2D eigenvalue weighted by Gasteiger charge is 2.46. The molecule has 0 bridgehead atoms. The van der Waals surface area contributed by atoms with Crippen LogP contribution in [0.15, 0.2) is 0 Å². The average Bonchev–Trinajstić information content (AvgIpc) is 2.74. The average molecular weight is 280 g/mol. The van der Waals surface area contributed by atoms with Crippen LogP contribution in [0.4, 0.5) is 0 Å². The molecule has 114 valence electrons. The Hall–Kier alpha value is -1.06. The highest BCUT2D eigenvalue weighted by Crippen LogP contribution is 2.35. The fourth-order valence-corrected chi connectivity index (χ4v) is 3.53. The molecule has 4 nitrogen and oxygen atoms in total. The van der Waals surface area contributed by atoms with Crippen LogP contribution >= 0.6 is 0 Å². The normalized spacial score (nSPS) is 34.7. The van der Waals surface area contributed by atoms with Crippen molar-refractivity contribution in [3.8, 4) is 0 Å². The van der Waals surface area contributed by atoms with Gasteiger partial charge in [-0.25, -0.2) is 0 Å². The van der Waals surface area contributed by atoms with E-state index >= 15 is 0 Å². The first-order valence-electron chi connectivity index (χ1n) is 7.89. The van der Waals surface area contributed by atoms with Crippen LogP contribution in [0, 0.1) is 23.2 Å². The van der Waals surface area contributed by atoms with Gasteiger partial charge in [0, 0.05) is 18.5 Å². The number of carbonyl (C=O) groups is 2. The zero-order valence-corrected chi connectivity index (χ0v) is 13.2. The summed E-state index contributed by atoms with van der Waals surface area (Å²) in [4.78, 5) is 24.6. The summed E-state index contributed by atoms with van der Waals surface area (Å²) in [6.07, 6.45) is 4.64. The summed E-state index contributed by atoms with van der Waals surface area (Å²) in [5, 5.41) is 6.00. The second-order valence-electron chi connectivity index (χ2n) is 7.57. The van der Waals surface area contributed by atoms with Gasteiger partial charge in [0.25, 0.3) is 0 Å². The first kappa shape index (κ1) is 15.3. The molecule has 2 rings (SSSR count). The van der Waals surface area contributed by atoms with E-state index in [1.165, 1.54) is 19.3 Å². The smallest absolute Gasteiger partial charge is 0.233 e. The molecule has 0 aromatic rings. The van der Waals surface area contributed by atoms with Crippen molar-refractivity contribution in [2.75, 3.05) is 6.54 Å². The lowest BCUT2D eigenvalue weighted by atomic mass is 9.74. The van der Waals surface area contributed by atoms with Crippen molar-refractivity contribution in [1.29, 1.82) is 0 Å². The Kier molecular flexibility index (Phi) is 4.40. The zero-order chi connectivity index (χ0) is 14.9. The molecule has 2 amide bonds. The molecule has 0 radical (unpaired) electrons. The Labute approximate surface area is 122 Å². The van der Waals surface area contributed by atoms with Crippen molar-refractivity contribution in [2.45, 2.75) is 59.4 Å². The fraction of sp³-hybridized carbons (Fsp3) is 0.875. The maximum Gasteiger partial charge on any atom is 0.233 e. The van der Waals surface area contributed by atoms with Gasteiger partial charge in [0.15, 0.2) is 0 Å². The van der Waals surface area contributed by atoms with Gasteiger partial charge in [-0.15, -0.1) is 0 Å². The number of hydrogen-bond donors (Lipinski definition) is 2. The molecule has 4 atom stereocenters. The molecule has 1 saturated heterocycles. The minimum atomic E-state index is -0.524. The summed E-state index contributed by atoms with van der Waals surface area (Å²) < 4.78 is 0. The van der Waals surface area contributed by atoms with E-state index in [4.69, 9.17) is 0 Å². The minimum Gasteiger partial charge on any atom is -0.355 e. The summed E-state index contributed by atoms with van der Waals surface area (Å²) in [6.45, 7) is 9.10. The van der Waals surface area contributed by atoms with Gasteiger partial charge in [0.05, 0.1) is 0 Å². The van der Waals surface area contributed by atoms with E-state index in [9.17, 15) is 9.59 Å². The van der Waals surface area contributed by atoms with Crippen molar-refractivity contribution in [3.63, 3.8) is 0 Å². The Morgan fingerprint density at radius 2 is 1.90 bits per heavy atom. The second kappa shape index (κ2) is 5.74. The van der Waals surface area contributed by atoms with Gasteiger partial charge in [0.1, 0.15) is 5.92 Å². The SMILES string of the molecule is C[C@@H]1CCCC[C@@H]1NC(=O)[C@H]1C(=O)NC[C@@H]1C(C)(C)C. The second-order valence-corrected chi connectivity index (χ2v) is 7.57. The van der Waals surface area contributed by atoms with Gasteiger partial charge >= 0.3 is 0 Å². The summed E-state index contributed by atoms with van der Waals surface area (Å²) in [5.74, 6) is -0.104. The van der Waals surface area contributed by atoms with Crippen molar-refractivity contribution >= 4 is 11.8 Å². The van der Waals surface area contributed by atoms with E-state index in [1.807, 2.05) is 0 Å². The Morgan fingerprint density at radius 1 is 1.25 bits per heavy atom. The van der Waals surface area contributed by atoms with Crippen LogP contribution in [0.5, 0.6) is 0 Å². The molecule has 1 heterocycles. The summed E-state index contributed by atoms with van der Waals surface area (Å²) in [5.41, 5.74) is -0.0423. The highest BCUT2D eigenvalue weighted by atomic mass is 16.2. The number of amides is 2. The Bertz CT molecular complexity index is 386. The number of hydrogen-bond acceptors (Lipinski definition) is 2. The Morgan fingerprint density at radius 3 is 2.50 bits per heavy atom. The largest absolute Gasteiger partial charge is 0.355 e. The Balaban J connectivity index is 2.04. The maximum atomic E-state index is 12.6. The third-order valence-corrected chi connectivity index (χ3v) is 5.02. The van der Waals surface area contributed by atoms with Gasteiger partial charge in [-0.1, -0.05) is 40.5 Å². The zero-order valence-electron chi connectivity index (χ0n) is 13.2. The first-order valence-corrected chi connectivity index (χ1v) is 7.89. The number of carbonyl (C=O) groups excluding carboxylic acids is 2. The van der Waals surface area contributed by atoms with Crippen LogP contribution < -0.4 is 10.6 Å². The molecule has 0 aromatic heterocycles. The van der Waals surface area contributed by atoms with E-state index in [0.29, 0.717) is 12.5 Å². The van der Waals surface area contributed by atoms with Crippen LogP contribution in [0.25, 0.3) is 0 Å². The van der Waals surface area contributed by atoms with E-state index in [1.54, 1.807) is 0 Å². The molecular weight excluding hydrogens is 252 g/mol. The lowest BCUT2D eigenvalue weighted by molar-refractivity contribution is -0.136. The highest BCUT2D eigenvalue weighted by molar-refractivity contribution is 6.02. The molecule has 2 N–H and O–H groups in total. The molecule has 1 aliphatic heterocycles. The van der Waals surface area contributed by atoms with E-state index in [-0.39, 0.29) is 29.2 Å². The molecule has 20 heavy (non-hydrogen) atoms. The van der Waals surface area contributed by atoms with Gasteiger partial charge in [-0.3, -0.25) is 9.59 Å². The summed E-state index contributed by atoms with van der Waals surface area (Å²) >= 11 is 0. The van der Waals surface area contributed by atoms with Crippen molar-refractivity contribution < 1.29 is 9.59 Å². The van der Waals surface area contributed by atoms with Crippen LogP contribution in [-0.4, -0.2) is 24.4 Å². The standard InChI is InChI=1S/C16H28N2O2/c1-10-7-5-6-8-12(10)18-15(20)13-11(16(2,3)4)9-17-14(13)19/h10-13H,5-9H2,1-4H3,(H,17,19)(H,18,20)/t10-,11+,12+,13-/m1/s1. The van der Waals surface area contributed by atoms with Gasteiger partial charge in [-0.05, 0) is 24.2 Å². The monoisotopic (exact) mass is 280 g/mol. The molecule has 2 fully saturated rings. The molecule has 0 aromatic carbocycles. The third kappa shape index (κ3) is 3.15. The molecular formula is C16H28N2O2. The fourth-order valence-electron chi connectivity index (χ4n) is 3.53. The van der Waals surface area contributed by atoms with Gasteiger partial charge in [-0.2, -0.15) is 0 Å². The maximum absolute atomic E-state index is 12.6. The van der Waals surface area contributed by atoms with Crippen molar-refractivity contribution in [3.05, 3.63) is 0 Å².